The zero-order valence-electron chi connectivity index (χ0n) is 12.9. The molecule has 0 spiro atoms. The van der Waals surface area contributed by atoms with Crippen molar-refractivity contribution in [2.24, 2.45) is 0 Å². The minimum Gasteiger partial charge on any atom is -0.324 e. The fraction of sp³-hybridized carbons (Fsp3) is 0.278. The van der Waals surface area contributed by atoms with Crippen molar-refractivity contribution in [2.75, 3.05) is 11.9 Å². The Balaban J connectivity index is 1.66. The van der Waals surface area contributed by atoms with E-state index in [4.69, 9.17) is 0 Å². The number of nitrogens with one attached hydrogen (secondary N) is 1. The summed E-state index contributed by atoms with van der Waals surface area (Å²) in [6, 6.07) is 11.4. The third kappa shape index (κ3) is 4.51. The van der Waals surface area contributed by atoms with Gasteiger partial charge in [0.2, 0.25) is 5.91 Å². The second-order valence-electron chi connectivity index (χ2n) is 5.90. The van der Waals surface area contributed by atoms with Crippen LogP contribution in [0.15, 0.2) is 42.5 Å². The van der Waals surface area contributed by atoms with Crippen molar-refractivity contribution in [2.45, 2.75) is 25.4 Å². The minimum absolute atomic E-state index is 0.131. The summed E-state index contributed by atoms with van der Waals surface area (Å²) in [4.78, 5) is 14.3. The molecule has 1 fully saturated rings. The summed E-state index contributed by atoms with van der Waals surface area (Å²) in [6.07, 6.45) is 2.00. The van der Waals surface area contributed by atoms with Crippen LogP contribution in [0.4, 0.5) is 14.5 Å². The van der Waals surface area contributed by atoms with Gasteiger partial charge in [0.05, 0.1) is 12.2 Å². The van der Waals surface area contributed by atoms with Crippen LogP contribution in [-0.4, -0.2) is 23.4 Å². The zero-order chi connectivity index (χ0) is 17.1. The molecule has 2 aromatic rings. The van der Waals surface area contributed by atoms with Crippen LogP contribution >= 0.6 is 22.6 Å². The van der Waals surface area contributed by atoms with Gasteiger partial charge in [-0.15, -0.1) is 0 Å². The lowest BCUT2D eigenvalue weighted by Gasteiger charge is -2.22. The number of carbonyl (C=O) groups is 1. The Morgan fingerprint density at radius 1 is 1.21 bits per heavy atom. The number of rotatable bonds is 6. The topological polar surface area (TPSA) is 32.3 Å². The molecular formula is C18H17F2IN2O. The molecule has 0 unspecified atom stereocenters. The Morgan fingerprint density at radius 3 is 2.62 bits per heavy atom. The van der Waals surface area contributed by atoms with Gasteiger partial charge in [-0.05, 0) is 53.6 Å². The van der Waals surface area contributed by atoms with Gasteiger partial charge in [-0.1, -0.05) is 18.2 Å². The van der Waals surface area contributed by atoms with Crippen LogP contribution in [0.3, 0.4) is 0 Å². The first-order valence-electron chi connectivity index (χ1n) is 7.75. The van der Waals surface area contributed by atoms with E-state index in [9.17, 15) is 13.6 Å². The first kappa shape index (κ1) is 17.3. The van der Waals surface area contributed by atoms with Crippen molar-refractivity contribution < 1.29 is 13.6 Å². The molecule has 6 heteroatoms. The fourth-order valence-electron chi connectivity index (χ4n) is 2.56. The summed E-state index contributed by atoms with van der Waals surface area (Å²) in [7, 11) is 0. The van der Waals surface area contributed by atoms with E-state index in [0.717, 1.165) is 28.2 Å². The fourth-order valence-corrected chi connectivity index (χ4v) is 3.08. The van der Waals surface area contributed by atoms with Gasteiger partial charge in [-0.2, -0.15) is 0 Å². The number of para-hydroxylation sites is 1. The molecule has 1 N–H and O–H groups in total. The molecule has 3 nitrogen and oxygen atoms in total. The molecule has 2 aromatic carbocycles. The van der Waals surface area contributed by atoms with Crippen molar-refractivity contribution in [1.82, 2.24) is 4.90 Å². The number of carbonyl (C=O) groups excluding carboxylic acids is 1. The van der Waals surface area contributed by atoms with Crippen molar-refractivity contribution in [1.29, 1.82) is 0 Å². The summed E-state index contributed by atoms with van der Waals surface area (Å²) in [5, 5.41) is 2.89. The lowest BCUT2D eigenvalue weighted by molar-refractivity contribution is -0.117. The number of nitrogens with zero attached hydrogens (tertiary/aromatic N) is 1. The zero-order valence-corrected chi connectivity index (χ0v) is 15.1. The number of benzene rings is 2. The third-order valence-corrected chi connectivity index (χ3v) is 4.89. The van der Waals surface area contributed by atoms with Gasteiger partial charge < -0.3 is 5.32 Å². The molecule has 0 heterocycles. The monoisotopic (exact) mass is 442 g/mol. The van der Waals surface area contributed by atoms with Crippen LogP contribution in [-0.2, 0) is 11.3 Å². The molecule has 0 saturated heterocycles. The minimum atomic E-state index is -0.592. The molecule has 1 aliphatic rings. The van der Waals surface area contributed by atoms with Gasteiger partial charge in [-0.25, -0.2) is 8.78 Å². The number of anilines is 1. The molecule has 1 aliphatic carbocycles. The number of hydrogen-bond acceptors (Lipinski definition) is 2. The first-order chi connectivity index (χ1) is 11.5. The smallest absolute Gasteiger partial charge is 0.238 e. The number of halogens is 3. The quantitative estimate of drug-likeness (QED) is 0.682. The third-order valence-electron chi connectivity index (χ3n) is 3.95. The molecule has 0 aliphatic heterocycles. The van der Waals surface area contributed by atoms with Crippen LogP contribution in [0, 0.1) is 15.2 Å². The standard InChI is InChI=1S/C18H17F2IN2O/c19-13-6-5-12(15(20)9-13)10-23(14-7-8-14)11-18(24)22-17-4-2-1-3-16(17)21/h1-6,9,14H,7-8,10-11H2,(H,22,24). The summed E-state index contributed by atoms with van der Waals surface area (Å²) < 4.78 is 27.9. The highest BCUT2D eigenvalue weighted by molar-refractivity contribution is 14.1. The van der Waals surface area contributed by atoms with E-state index in [1.807, 2.05) is 29.2 Å². The van der Waals surface area contributed by atoms with Crippen LogP contribution in [0.2, 0.25) is 0 Å². The summed E-state index contributed by atoms with van der Waals surface area (Å²) in [5.74, 6) is -1.29. The van der Waals surface area contributed by atoms with Crippen LogP contribution in [0.5, 0.6) is 0 Å². The lowest BCUT2D eigenvalue weighted by atomic mass is 10.2. The molecule has 3 rings (SSSR count). The highest BCUT2D eigenvalue weighted by Gasteiger charge is 2.31. The van der Waals surface area contributed by atoms with Gasteiger partial charge in [0.1, 0.15) is 11.6 Å². The SMILES string of the molecule is O=C(CN(Cc1ccc(F)cc1F)C1CC1)Nc1ccccc1I. The second kappa shape index (κ2) is 7.57. The number of hydrogen-bond donors (Lipinski definition) is 1. The highest BCUT2D eigenvalue weighted by Crippen LogP contribution is 2.29. The van der Waals surface area contributed by atoms with Crippen molar-refractivity contribution in [3.8, 4) is 0 Å². The molecule has 0 aromatic heterocycles. The Labute approximate surface area is 153 Å². The molecule has 1 saturated carbocycles. The normalized spacial score (nSPS) is 14.0. The molecule has 1 amide bonds. The Morgan fingerprint density at radius 2 is 1.96 bits per heavy atom. The molecular weight excluding hydrogens is 425 g/mol. The van der Waals surface area contributed by atoms with Gasteiger partial charge in [0, 0.05) is 27.8 Å². The molecule has 0 atom stereocenters. The van der Waals surface area contributed by atoms with Crippen LogP contribution in [0.25, 0.3) is 0 Å². The first-order valence-corrected chi connectivity index (χ1v) is 8.83. The largest absolute Gasteiger partial charge is 0.324 e. The summed E-state index contributed by atoms with van der Waals surface area (Å²) in [5.41, 5.74) is 1.18. The van der Waals surface area contributed by atoms with Gasteiger partial charge in [-0.3, -0.25) is 9.69 Å². The Hall–Kier alpha value is -1.54. The molecule has 126 valence electrons. The van der Waals surface area contributed by atoms with Gasteiger partial charge in [0.25, 0.3) is 0 Å². The van der Waals surface area contributed by atoms with Crippen LogP contribution in [0.1, 0.15) is 18.4 Å². The van der Waals surface area contributed by atoms with Gasteiger partial charge in [0.15, 0.2) is 0 Å². The average molecular weight is 442 g/mol. The van der Waals surface area contributed by atoms with E-state index in [1.54, 1.807) is 0 Å². The van der Waals surface area contributed by atoms with E-state index >= 15 is 0 Å². The molecule has 0 bridgehead atoms. The highest BCUT2D eigenvalue weighted by atomic mass is 127. The van der Waals surface area contributed by atoms with Crippen molar-refractivity contribution in [3.05, 3.63) is 63.2 Å². The van der Waals surface area contributed by atoms with Crippen molar-refractivity contribution >= 4 is 34.2 Å². The second-order valence-corrected chi connectivity index (χ2v) is 7.06. The van der Waals surface area contributed by atoms with Gasteiger partial charge >= 0.3 is 0 Å². The Bertz CT molecular complexity index is 750. The lowest BCUT2D eigenvalue weighted by Crippen LogP contribution is -2.34. The maximum absolute atomic E-state index is 13.9. The Kier molecular flexibility index (Phi) is 5.45. The van der Waals surface area contributed by atoms with Crippen LogP contribution < -0.4 is 5.32 Å². The van der Waals surface area contributed by atoms with E-state index < -0.39 is 11.6 Å². The van der Waals surface area contributed by atoms with E-state index in [1.165, 1.54) is 12.1 Å². The molecule has 24 heavy (non-hydrogen) atoms. The van der Waals surface area contributed by atoms with E-state index in [2.05, 4.69) is 27.9 Å². The van der Waals surface area contributed by atoms with Crippen molar-refractivity contribution in [3.63, 3.8) is 0 Å². The predicted molar refractivity (Wildman–Crippen MR) is 97.6 cm³/mol. The molecule has 0 radical (unpaired) electrons. The summed E-state index contributed by atoms with van der Waals surface area (Å²) >= 11 is 2.17. The number of amides is 1. The maximum Gasteiger partial charge on any atom is 0.238 e. The van der Waals surface area contributed by atoms with E-state index in [0.29, 0.717) is 12.1 Å². The summed E-state index contributed by atoms with van der Waals surface area (Å²) in [6.45, 7) is 0.489. The maximum atomic E-state index is 13.9. The average Bonchev–Trinajstić information content (AvgIpc) is 3.36. The predicted octanol–water partition coefficient (Wildman–Crippen LogP) is 4.17. The van der Waals surface area contributed by atoms with E-state index in [-0.39, 0.29) is 18.5 Å².